The maximum absolute atomic E-state index is 11.0. The van der Waals surface area contributed by atoms with Crippen LogP contribution in [0, 0.1) is 0 Å². The molecule has 0 saturated carbocycles. The Morgan fingerprint density at radius 3 is 2.58 bits per heavy atom. The monoisotopic (exact) mass is 172 g/mol. The molecular formula is C7H12N2O3. The van der Waals surface area contributed by atoms with E-state index in [2.05, 4.69) is 4.98 Å². The largest absolute Gasteiger partial charge is 0.491 e. The molecule has 0 radical (unpaired) electrons. The molecule has 0 amide bonds. The van der Waals surface area contributed by atoms with Crippen LogP contribution in [-0.4, -0.2) is 19.8 Å². The second-order valence-electron chi connectivity index (χ2n) is 2.61. The van der Waals surface area contributed by atoms with Gasteiger partial charge in [0.1, 0.15) is 0 Å². The first-order valence-corrected chi connectivity index (χ1v) is 3.87. The van der Waals surface area contributed by atoms with Crippen molar-refractivity contribution in [1.29, 1.82) is 0 Å². The molecule has 0 aromatic carbocycles. The summed E-state index contributed by atoms with van der Waals surface area (Å²) >= 11 is 0. The Balaban J connectivity index is 2.90. The van der Waals surface area contributed by atoms with Crippen LogP contribution in [0.25, 0.3) is 0 Å². The van der Waals surface area contributed by atoms with Crippen molar-refractivity contribution >= 4 is 0 Å². The number of imidazole rings is 1. The summed E-state index contributed by atoms with van der Waals surface area (Å²) in [7, 11) is 0. The lowest BCUT2D eigenvalue weighted by atomic mass is 10.3. The second kappa shape index (κ2) is 3.34. The van der Waals surface area contributed by atoms with E-state index < -0.39 is 11.6 Å². The van der Waals surface area contributed by atoms with Crippen molar-refractivity contribution in [3.8, 4) is 11.8 Å². The van der Waals surface area contributed by atoms with Crippen molar-refractivity contribution in [2.24, 2.45) is 0 Å². The van der Waals surface area contributed by atoms with Gasteiger partial charge >= 0.3 is 5.69 Å². The highest BCUT2D eigenvalue weighted by atomic mass is 16.3. The fraction of sp³-hybridized carbons (Fsp3) is 0.571. The molecule has 1 rings (SSSR count). The molecule has 0 spiro atoms. The van der Waals surface area contributed by atoms with Crippen LogP contribution < -0.4 is 5.69 Å². The maximum atomic E-state index is 11.0. The third-order valence-corrected chi connectivity index (χ3v) is 1.67. The SMILES string of the molecule is CCCCn1c(O)c(O)[nH]c1=O. The smallest absolute Gasteiger partial charge is 0.331 e. The molecule has 0 saturated heterocycles. The Morgan fingerprint density at radius 1 is 1.50 bits per heavy atom. The molecule has 0 bridgehead atoms. The topological polar surface area (TPSA) is 78.2 Å². The van der Waals surface area contributed by atoms with Crippen LogP contribution in [0.1, 0.15) is 19.8 Å². The number of hydrogen-bond acceptors (Lipinski definition) is 3. The second-order valence-corrected chi connectivity index (χ2v) is 2.61. The van der Waals surface area contributed by atoms with Gasteiger partial charge in [-0.2, -0.15) is 0 Å². The van der Waals surface area contributed by atoms with Crippen molar-refractivity contribution in [1.82, 2.24) is 9.55 Å². The zero-order valence-corrected chi connectivity index (χ0v) is 6.87. The molecule has 0 fully saturated rings. The first-order valence-electron chi connectivity index (χ1n) is 3.87. The van der Waals surface area contributed by atoms with Crippen molar-refractivity contribution in [2.45, 2.75) is 26.3 Å². The Kier molecular flexibility index (Phi) is 2.42. The molecular weight excluding hydrogens is 160 g/mol. The number of aromatic amines is 1. The van der Waals surface area contributed by atoms with E-state index in [1.54, 1.807) is 0 Å². The lowest BCUT2D eigenvalue weighted by Crippen LogP contribution is -2.16. The van der Waals surface area contributed by atoms with Gasteiger partial charge in [-0.05, 0) is 6.42 Å². The maximum Gasteiger partial charge on any atom is 0.331 e. The summed E-state index contributed by atoms with van der Waals surface area (Å²) in [5.74, 6) is -0.843. The number of H-pyrrole nitrogens is 1. The fourth-order valence-corrected chi connectivity index (χ4v) is 0.972. The number of nitrogens with one attached hydrogen (secondary N) is 1. The van der Waals surface area contributed by atoms with Gasteiger partial charge in [0.2, 0.25) is 0 Å². The standard InChI is InChI=1S/C7H12N2O3/c1-2-3-4-9-6(11)5(10)8-7(9)12/h10-11H,2-4H2,1H3,(H,8,12). The van der Waals surface area contributed by atoms with E-state index in [0.717, 1.165) is 17.4 Å². The summed E-state index contributed by atoms with van der Waals surface area (Å²) in [4.78, 5) is 13.1. The van der Waals surface area contributed by atoms with Crippen LogP contribution in [-0.2, 0) is 6.54 Å². The number of unbranched alkanes of at least 4 members (excludes halogenated alkanes) is 1. The van der Waals surface area contributed by atoms with Gasteiger partial charge in [-0.3, -0.25) is 9.55 Å². The molecule has 68 valence electrons. The van der Waals surface area contributed by atoms with Gasteiger partial charge in [-0.25, -0.2) is 4.79 Å². The van der Waals surface area contributed by atoms with E-state index in [1.165, 1.54) is 0 Å². The summed E-state index contributed by atoms with van der Waals surface area (Å²) in [5.41, 5.74) is -0.474. The first kappa shape index (κ1) is 8.70. The van der Waals surface area contributed by atoms with Crippen molar-refractivity contribution in [3.63, 3.8) is 0 Å². The van der Waals surface area contributed by atoms with Gasteiger partial charge in [0.05, 0.1) is 0 Å². The number of aromatic hydroxyl groups is 2. The Hall–Kier alpha value is -1.39. The molecule has 0 aliphatic carbocycles. The van der Waals surface area contributed by atoms with Crippen molar-refractivity contribution in [3.05, 3.63) is 10.5 Å². The zero-order valence-electron chi connectivity index (χ0n) is 6.87. The Labute approximate surface area is 69.3 Å². The minimum absolute atomic E-state index is 0.381. The Morgan fingerprint density at radius 2 is 2.17 bits per heavy atom. The minimum atomic E-state index is -0.474. The number of nitrogens with zero attached hydrogens (tertiary/aromatic N) is 1. The first-order chi connectivity index (χ1) is 5.66. The lowest BCUT2D eigenvalue weighted by Gasteiger charge is -1.99. The van der Waals surface area contributed by atoms with E-state index in [-0.39, 0.29) is 5.88 Å². The average Bonchev–Trinajstić information content (AvgIpc) is 2.25. The molecule has 3 N–H and O–H groups in total. The Bertz CT molecular complexity index is 313. The molecule has 1 heterocycles. The van der Waals surface area contributed by atoms with Gasteiger partial charge in [0.15, 0.2) is 0 Å². The molecule has 0 aliphatic rings. The molecule has 0 unspecified atom stereocenters. The van der Waals surface area contributed by atoms with Crippen molar-refractivity contribution in [2.75, 3.05) is 0 Å². The van der Waals surface area contributed by atoms with Gasteiger partial charge in [-0.1, -0.05) is 13.3 Å². The van der Waals surface area contributed by atoms with Gasteiger partial charge < -0.3 is 10.2 Å². The highest BCUT2D eigenvalue weighted by molar-refractivity contribution is 5.22. The molecule has 0 aliphatic heterocycles. The molecule has 5 nitrogen and oxygen atoms in total. The van der Waals surface area contributed by atoms with Gasteiger partial charge in [0, 0.05) is 6.54 Å². The number of hydrogen-bond donors (Lipinski definition) is 3. The molecule has 1 aromatic heterocycles. The van der Waals surface area contributed by atoms with E-state index >= 15 is 0 Å². The van der Waals surface area contributed by atoms with Crippen LogP contribution in [0.15, 0.2) is 4.79 Å². The molecule has 1 aromatic rings. The molecule has 5 heteroatoms. The summed E-state index contributed by atoms with van der Waals surface area (Å²) in [6.45, 7) is 2.41. The highest BCUT2D eigenvalue weighted by Crippen LogP contribution is 2.18. The zero-order chi connectivity index (χ0) is 9.14. The minimum Gasteiger partial charge on any atom is -0.491 e. The number of aromatic nitrogens is 2. The van der Waals surface area contributed by atoms with E-state index in [4.69, 9.17) is 10.2 Å². The van der Waals surface area contributed by atoms with Gasteiger partial charge in [0.25, 0.3) is 11.8 Å². The summed E-state index contributed by atoms with van der Waals surface area (Å²) in [6.07, 6.45) is 1.72. The van der Waals surface area contributed by atoms with E-state index in [1.807, 2.05) is 6.92 Å². The quantitative estimate of drug-likeness (QED) is 0.617. The average molecular weight is 172 g/mol. The third kappa shape index (κ3) is 1.44. The lowest BCUT2D eigenvalue weighted by molar-refractivity contribution is 0.364. The highest BCUT2D eigenvalue weighted by Gasteiger charge is 2.10. The summed E-state index contributed by atoms with van der Waals surface area (Å²) in [5, 5.41) is 18.0. The van der Waals surface area contributed by atoms with Gasteiger partial charge in [-0.15, -0.1) is 0 Å². The van der Waals surface area contributed by atoms with Crippen molar-refractivity contribution < 1.29 is 10.2 Å². The van der Waals surface area contributed by atoms with Crippen LogP contribution in [0.2, 0.25) is 0 Å². The van der Waals surface area contributed by atoms with E-state index in [9.17, 15) is 4.79 Å². The molecule has 0 atom stereocenters. The predicted octanol–water partition coefficient (Wildman–Crippen LogP) is 0.388. The normalized spacial score (nSPS) is 10.4. The fourth-order valence-electron chi connectivity index (χ4n) is 0.972. The van der Waals surface area contributed by atoms with Crippen LogP contribution in [0.4, 0.5) is 0 Å². The molecule has 12 heavy (non-hydrogen) atoms. The third-order valence-electron chi connectivity index (χ3n) is 1.67. The van der Waals surface area contributed by atoms with Crippen LogP contribution in [0.5, 0.6) is 11.8 Å². The van der Waals surface area contributed by atoms with E-state index in [0.29, 0.717) is 6.54 Å². The van der Waals surface area contributed by atoms with Crippen LogP contribution in [0.3, 0.4) is 0 Å². The predicted molar refractivity (Wildman–Crippen MR) is 43.3 cm³/mol. The number of rotatable bonds is 3. The van der Waals surface area contributed by atoms with Crippen LogP contribution >= 0.6 is 0 Å². The summed E-state index contributed by atoms with van der Waals surface area (Å²) < 4.78 is 1.11. The summed E-state index contributed by atoms with van der Waals surface area (Å²) in [6, 6.07) is 0.